The zero-order chi connectivity index (χ0) is 14.9. The van der Waals surface area contributed by atoms with Gasteiger partial charge in [0.15, 0.2) is 0 Å². The van der Waals surface area contributed by atoms with Crippen molar-refractivity contribution in [2.45, 2.75) is 4.90 Å². The molecule has 2 aromatic rings. The molecule has 0 fully saturated rings. The molecule has 0 atom stereocenters. The lowest BCUT2D eigenvalue weighted by Gasteiger charge is -2.10. The van der Waals surface area contributed by atoms with Crippen LogP contribution in [0.5, 0.6) is 0 Å². The van der Waals surface area contributed by atoms with Crippen molar-refractivity contribution in [2.24, 2.45) is 0 Å². The molecular weight excluding hydrogens is 410 g/mol. The van der Waals surface area contributed by atoms with E-state index in [1.165, 1.54) is 30.5 Å². The Balaban J connectivity index is 2.40. The molecule has 1 aromatic heterocycles. The van der Waals surface area contributed by atoms with E-state index < -0.39 is 10.0 Å². The average molecular weight is 417 g/mol. The van der Waals surface area contributed by atoms with Crippen molar-refractivity contribution in [3.05, 3.63) is 50.1 Å². The highest BCUT2D eigenvalue weighted by atomic mass is 79.9. The zero-order valence-corrected chi connectivity index (χ0v) is 14.2. The Kier molecular flexibility index (Phi) is 4.81. The molecule has 1 heterocycles. The fourth-order valence-corrected chi connectivity index (χ4v) is 3.39. The van der Waals surface area contributed by atoms with E-state index in [0.717, 1.165) is 0 Å². The first kappa shape index (κ1) is 15.9. The van der Waals surface area contributed by atoms with Gasteiger partial charge in [-0.3, -0.25) is 4.72 Å². The van der Waals surface area contributed by atoms with Gasteiger partial charge in [0.25, 0.3) is 10.0 Å². The Morgan fingerprint density at radius 2 is 1.80 bits per heavy atom. The maximum absolute atomic E-state index is 12.2. The van der Waals surface area contributed by atoms with Crippen molar-refractivity contribution in [2.75, 3.05) is 4.72 Å². The summed E-state index contributed by atoms with van der Waals surface area (Å²) in [6, 6.07) is 5.46. The molecule has 0 amide bonds. The second kappa shape index (κ2) is 6.07. The van der Waals surface area contributed by atoms with E-state index in [-0.39, 0.29) is 20.6 Å². The van der Waals surface area contributed by atoms with Crippen LogP contribution in [0.1, 0.15) is 0 Å². The van der Waals surface area contributed by atoms with Crippen molar-refractivity contribution >= 4 is 66.4 Å². The number of rotatable bonds is 3. The van der Waals surface area contributed by atoms with Crippen LogP contribution < -0.4 is 4.72 Å². The third kappa shape index (κ3) is 3.56. The van der Waals surface area contributed by atoms with Gasteiger partial charge in [0.1, 0.15) is 4.60 Å². The van der Waals surface area contributed by atoms with Gasteiger partial charge in [-0.05, 0) is 40.2 Å². The highest BCUT2D eigenvalue weighted by Crippen LogP contribution is 2.28. The summed E-state index contributed by atoms with van der Waals surface area (Å²) < 4.78 is 27.1. The van der Waals surface area contributed by atoms with Crippen LogP contribution in [0.15, 0.2) is 40.0 Å². The summed E-state index contributed by atoms with van der Waals surface area (Å²) in [5.41, 5.74) is 0.226. The smallest absolute Gasteiger partial charge is 0.262 e. The van der Waals surface area contributed by atoms with Crippen LogP contribution in [0, 0.1) is 0 Å². The van der Waals surface area contributed by atoms with Gasteiger partial charge < -0.3 is 0 Å². The number of benzene rings is 1. The lowest BCUT2D eigenvalue weighted by atomic mass is 10.4. The highest BCUT2D eigenvalue weighted by Gasteiger charge is 2.17. The Bertz CT molecular complexity index is 768. The monoisotopic (exact) mass is 414 g/mol. The van der Waals surface area contributed by atoms with Crippen molar-refractivity contribution in [1.82, 2.24) is 4.98 Å². The molecule has 0 aliphatic carbocycles. The molecule has 0 spiro atoms. The summed E-state index contributed by atoms with van der Waals surface area (Å²) in [5, 5.41) is 0.731. The fourth-order valence-electron chi connectivity index (χ4n) is 1.34. The Hall–Kier alpha value is -0.530. The van der Waals surface area contributed by atoms with Crippen molar-refractivity contribution in [1.29, 1.82) is 0 Å². The molecule has 0 aliphatic rings. The van der Waals surface area contributed by atoms with Crippen LogP contribution in [0.3, 0.4) is 0 Å². The molecule has 0 saturated heterocycles. The number of anilines is 1. The number of sulfonamides is 1. The van der Waals surface area contributed by atoms with Crippen molar-refractivity contribution in [3.8, 4) is 0 Å². The van der Waals surface area contributed by atoms with Crippen LogP contribution in [0.4, 0.5) is 5.69 Å². The Morgan fingerprint density at radius 3 is 2.45 bits per heavy atom. The summed E-state index contributed by atoms with van der Waals surface area (Å²) in [6.45, 7) is 0. The van der Waals surface area contributed by atoms with Gasteiger partial charge in [-0.25, -0.2) is 13.4 Å². The number of halogens is 4. The molecule has 20 heavy (non-hydrogen) atoms. The summed E-state index contributed by atoms with van der Waals surface area (Å²) in [5.74, 6) is 0. The number of hydrogen-bond donors (Lipinski definition) is 1. The van der Waals surface area contributed by atoms with Gasteiger partial charge in [0, 0.05) is 6.20 Å². The number of hydrogen-bond acceptors (Lipinski definition) is 3. The normalized spacial score (nSPS) is 11.4. The Labute approximate surface area is 139 Å². The highest BCUT2D eigenvalue weighted by molar-refractivity contribution is 9.10. The quantitative estimate of drug-likeness (QED) is 0.744. The lowest BCUT2D eigenvalue weighted by molar-refractivity contribution is 0.601. The largest absolute Gasteiger partial charge is 0.277 e. The number of nitrogens with zero attached hydrogens (tertiary/aromatic N) is 1. The van der Waals surface area contributed by atoms with Gasteiger partial charge in [0.05, 0.1) is 25.7 Å². The Morgan fingerprint density at radius 1 is 1.10 bits per heavy atom. The predicted molar refractivity (Wildman–Crippen MR) is 84.2 cm³/mol. The molecule has 106 valence electrons. The minimum absolute atomic E-state index is 0.0150. The molecule has 0 saturated carbocycles. The summed E-state index contributed by atoms with van der Waals surface area (Å²) in [4.78, 5) is 3.88. The van der Waals surface area contributed by atoms with E-state index in [9.17, 15) is 8.42 Å². The van der Waals surface area contributed by atoms with Crippen LogP contribution in [-0.2, 0) is 10.0 Å². The van der Waals surface area contributed by atoms with E-state index in [0.29, 0.717) is 9.63 Å². The first-order valence-corrected chi connectivity index (χ1v) is 8.49. The molecule has 0 bridgehead atoms. The first-order valence-electron chi connectivity index (χ1n) is 5.08. The minimum Gasteiger partial charge on any atom is -0.277 e. The van der Waals surface area contributed by atoms with E-state index in [1.807, 2.05) is 0 Å². The predicted octanol–water partition coefficient (Wildman–Crippen LogP) is 4.61. The fraction of sp³-hybridized carbons (Fsp3) is 0. The third-order valence-corrected chi connectivity index (χ3v) is 5.19. The number of pyridine rings is 1. The van der Waals surface area contributed by atoms with Crippen LogP contribution in [-0.4, -0.2) is 13.4 Å². The summed E-state index contributed by atoms with van der Waals surface area (Å²) >= 11 is 20.5. The van der Waals surface area contributed by atoms with E-state index >= 15 is 0 Å². The molecule has 0 unspecified atom stereocenters. The molecule has 4 nitrogen and oxygen atoms in total. The lowest BCUT2D eigenvalue weighted by Crippen LogP contribution is -2.13. The van der Waals surface area contributed by atoms with Gasteiger partial charge >= 0.3 is 0 Å². The van der Waals surface area contributed by atoms with Gasteiger partial charge in [-0.1, -0.05) is 34.8 Å². The second-order valence-electron chi connectivity index (χ2n) is 3.67. The molecule has 0 radical (unpaired) electrons. The minimum atomic E-state index is -3.81. The average Bonchev–Trinajstić information content (AvgIpc) is 2.36. The SMILES string of the molecule is O=S(=O)(Nc1cc(Cl)cnc1Br)c1ccc(Cl)c(Cl)c1. The van der Waals surface area contributed by atoms with E-state index in [4.69, 9.17) is 34.8 Å². The van der Waals surface area contributed by atoms with Crippen LogP contribution in [0.25, 0.3) is 0 Å². The topological polar surface area (TPSA) is 59.1 Å². The summed E-state index contributed by atoms with van der Waals surface area (Å²) in [7, 11) is -3.81. The maximum atomic E-state index is 12.2. The van der Waals surface area contributed by atoms with Gasteiger partial charge in [0.2, 0.25) is 0 Å². The zero-order valence-electron chi connectivity index (χ0n) is 9.57. The molecule has 2 rings (SSSR count). The third-order valence-electron chi connectivity index (χ3n) is 2.25. The van der Waals surface area contributed by atoms with Crippen LogP contribution >= 0.6 is 50.7 Å². The molecule has 1 aromatic carbocycles. The van der Waals surface area contributed by atoms with Crippen molar-refractivity contribution < 1.29 is 8.42 Å². The van der Waals surface area contributed by atoms with Crippen LogP contribution in [0.2, 0.25) is 15.1 Å². The van der Waals surface area contributed by atoms with Gasteiger partial charge in [-0.15, -0.1) is 0 Å². The summed E-state index contributed by atoms with van der Waals surface area (Å²) in [6.07, 6.45) is 1.39. The molecule has 0 aliphatic heterocycles. The molecular formula is C11H6BrCl3N2O2S. The maximum Gasteiger partial charge on any atom is 0.262 e. The first-order chi connectivity index (χ1) is 9.29. The van der Waals surface area contributed by atoms with Crippen molar-refractivity contribution in [3.63, 3.8) is 0 Å². The number of nitrogens with one attached hydrogen (secondary N) is 1. The van der Waals surface area contributed by atoms with E-state index in [2.05, 4.69) is 25.6 Å². The molecule has 1 N–H and O–H groups in total. The van der Waals surface area contributed by atoms with Gasteiger partial charge in [-0.2, -0.15) is 0 Å². The number of aromatic nitrogens is 1. The second-order valence-corrected chi connectivity index (χ2v) is 7.36. The standard InChI is InChI=1S/C11H6BrCl3N2O2S/c12-11-10(3-6(13)5-16-11)17-20(18,19)7-1-2-8(14)9(15)4-7/h1-5,17H. The van der Waals surface area contributed by atoms with E-state index in [1.54, 1.807) is 0 Å². The molecule has 9 heteroatoms.